The minimum Gasteiger partial charge on any atom is -0.315 e. The highest BCUT2D eigenvalue weighted by Gasteiger charge is 2.30. The Balaban J connectivity index is 1.91. The molecule has 1 heterocycles. The van der Waals surface area contributed by atoms with Crippen molar-refractivity contribution in [3.05, 3.63) is 56.6 Å². The molecule has 6 heteroatoms. The van der Waals surface area contributed by atoms with Crippen LogP contribution in [-0.4, -0.2) is 11.5 Å². The highest BCUT2D eigenvalue weighted by atomic mass is 32.1. The van der Waals surface area contributed by atoms with Crippen molar-refractivity contribution in [2.24, 2.45) is 0 Å². The number of nitrogens with one attached hydrogen (secondary N) is 2. The highest BCUT2D eigenvalue weighted by molar-refractivity contribution is 7.07. The fourth-order valence-electron chi connectivity index (χ4n) is 1.54. The number of aromatic nitrogens is 1. The van der Waals surface area contributed by atoms with Gasteiger partial charge in [0.25, 0.3) is 5.92 Å². The van der Waals surface area contributed by atoms with Crippen molar-refractivity contribution in [2.75, 3.05) is 6.54 Å². The largest absolute Gasteiger partial charge is 0.315 e. The first-order chi connectivity index (χ1) is 8.58. The Bertz CT molecular complexity index is 550. The van der Waals surface area contributed by atoms with Crippen LogP contribution in [0.5, 0.6) is 0 Å². The molecule has 0 saturated carbocycles. The minimum atomic E-state index is -2.92. The summed E-state index contributed by atoms with van der Waals surface area (Å²) < 4.78 is 27.5. The lowest BCUT2D eigenvalue weighted by Crippen LogP contribution is -2.30. The lowest BCUT2D eigenvalue weighted by Gasteiger charge is -2.17. The predicted octanol–water partition coefficient (Wildman–Crippen LogP) is 2.32. The Morgan fingerprint density at radius 1 is 1.28 bits per heavy atom. The molecule has 0 radical (unpaired) electrons. The third kappa shape index (κ3) is 3.24. The quantitative estimate of drug-likeness (QED) is 0.875. The average Bonchev–Trinajstić information content (AvgIpc) is 2.76. The van der Waals surface area contributed by atoms with Gasteiger partial charge in [-0.1, -0.05) is 41.7 Å². The van der Waals surface area contributed by atoms with E-state index in [0.717, 1.165) is 11.3 Å². The number of hydrogen-bond donors (Lipinski definition) is 2. The number of rotatable bonds is 5. The Labute approximate surface area is 106 Å². The van der Waals surface area contributed by atoms with Gasteiger partial charge in [-0.25, -0.2) is 0 Å². The van der Waals surface area contributed by atoms with Gasteiger partial charge < -0.3 is 10.3 Å². The van der Waals surface area contributed by atoms with Crippen LogP contribution in [0.4, 0.5) is 8.78 Å². The molecular formula is C12H12F2N2OS. The zero-order valence-electron chi connectivity index (χ0n) is 9.45. The van der Waals surface area contributed by atoms with E-state index in [1.807, 2.05) is 0 Å². The van der Waals surface area contributed by atoms with Crippen LogP contribution in [0.25, 0.3) is 0 Å². The van der Waals surface area contributed by atoms with Gasteiger partial charge in [-0.15, -0.1) is 0 Å². The van der Waals surface area contributed by atoms with Crippen LogP contribution in [0, 0.1) is 0 Å². The van der Waals surface area contributed by atoms with Crippen molar-refractivity contribution >= 4 is 11.3 Å². The Morgan fingerprint density at radius 3 is 2.61 bits per heavy atom. The van der Waals surface area contributed by atoms with Crippen molar-refractivity contribution in [3.63, 3.8) is 0 Å². The van der Waals surface area contributed by atoms with E-state index in [1.165, 1.54) is 12.1 Å². The molecule has 0 fully saturated rings. The molecule has 0 saturated heterocycles. The molecule has 0 aliphatic carbocycles. The summed E-state index contributed by atoms with van der Waals surface area (Å²) in [5.41, 5.74) is 0.602. The molecule has 0 amide bonds. The summed E-state index contributed by atoms with van der Waals surface area (Å²) in [6.45, 7) is -0.240. The predicted molar refractivity (Wildman–Crippen MR) is 67.0 cm³/mol. The minimum absolute atomic E-state index is 0.0173. The molecule has 0 bridgehead atoms. The van der Waals surface area contributed by atoms with Crippen molar-refractivity contribution in [1.29, 1.82) is 0 Å². The maximum absolute atomic E-state index is 13.7. The van der Waals surface area contributed by atoms with E-state index in [-0.39, 0.29) is 17.0 Å². The number of hydrogen-bond acceptors (Lipinski definition) is 3. The van der Waals surface area contributed by atoms with Gasteiger partial charge in [0.05, 0.1) is 6.54 Å². The van der Waals surface area contributed by atoms with Gasteiger partial charge in [-0.05, 0) is 0 Å². The zero-order valence-corrected chi connectivity index (χ0v) is 10.3. The molecule has 1 aromatic heterocycles. The molecule has 1 aromatic carbocycles. The van der Waals surface area contributed by atoms with Gasteiger partial charge in [0, 0.05) is 23.2 Å². The smallest absolute Gasteiger partial charge is 0.304 e. The summed E-state index contributed by atoms with van der Waals surface area (Å²) >= 11 is 1.02. The number of thiazole rings is 1. The van der Waals surface area contributed by atoms with Crippen LogP contribution in [0.15, 0.2) is 40.5 Å². The summed E-state index contributed by atoms with van der Waals surface area (Å²) in [6, 6.07) is 7.66. The maximum Gasteiger partial charge on any atom is 0.304 e. The van der Waals surface area contributed by atoms with E-state index < -0.39 is 12.5 Å². The van der Waals surface area contributed by atoms with E-state index >= 15 is 0 Å². The summed E-state index contributed by atoms with van der Waals surface area (Å²) in [4.78, 5) is 13.2. The van der Waals surface area contributed by atoms with Gasteiger partial charge >= 0.3 is 4.87 Å². The van der Waals surface area contributed by atoms with Crippen molar-refractivity contribution in [1.82, 2.24) is 10.3 Å². The second kappa shape index (κ2) is 5.41. The van der Waals surface area contributed by atoms with Crippen LogP contribution in [0.2, 0.25) is 0 Å². The normalized spacial score (nSPS) is 11.7. The molecule has 0 aliphatic rings. The molecule has 2 rings (SSSR count). The fourth-order valence-corrected chi connectivity index (χ4v) is 2.12. The molecular weight excluding hydrogens is 258 g/mol. The topological polar surface area (TPSA) is 44.9 Å². The second-order valence-corrected chi connectivity index (χ2v) is 4.69. The van der Waals surface area contributed by atoms with E-state index in [1.54, 1.807) is 23.6 Å². The van der Waals surface area contributed by atoms with E-state index in [4.69, 9.17) is 0 Å². The first-order valence-corrected chi connectivity index (χ1v) is 6.27. The maximum atomic E-state index is 13.7. The first-order valence-electron chi connectivity index (χ1n) is 5.39. The Kier molecular flexibility index (Phi) is 3.88. The van der Waals surface area contributed by atoms with E-state index in [0.29, 0.717) is 5.69 Å². The summed E-state index contributed by atoms with van der Waals surface area (Å²) in [5.74, 6) is -2.92. The van der Waals surface area contributed by atoms with Crippen molar-refractivity contribution in [3.8, 4) is 0 Å². The number of aromatic amines is 1. The molecule has 2 aromatic rings. The molecule has 2 N–H and O–H groups in total. The fraction of sp³-hybridized carbons (Fsp3) is 0.250. The summed E-state index contributed by atoms with van der Waals surface area (Å²) in [5, 5.41) is 4.26. The lowest BCUT2D eigenvalue weighted by molar-refractivity contribution is -0.00348. The van der Waals surface area contributed by atoms with E-state index in [9.17, 15) is 13.6 Å². The monoisotopic (exact) mass is 270 g/mol. The standard InChI is InChI=1S/C12H12F2N2OS/c13-12(14,9-4-2-1-3-5-9)8-15-6-10-7-18-11(17)16-10/h1-5,7,15H,6,8H2,(H,16,17). The number of benzene rings is 1. The molecule has 0 aliphatic heterocycles. The van der Waals surface area contributed by atoms with Gasteiger partial charge in [0.15, 0.2) is 0 Å². The summed E-state index contributed by atoms with van der Waals surface area (Å²) in [6.07, 6.45) is 0. The van der Waals surface area contributed by atoms with Gasteiger partial charge in [0.1, 0.15) is 0 Å². The lowest BCUT2D eigenvalue weighted by atomic mass is 10.1. The third-order valence-electron chi connectivity index (χ3n) is 2.43. The van der Waals surface area contributed by atoms with E-state index in [2.05, 4.69) is 10.3 Å². The van der Waals surface area contributed by atoms with Crippen LogP contribution < -0.4 is 10.2 Å². The number of halogens is 2. The Morgan fingerprint density at radius 2 is 2.00 bits per heavy atom. The second-order valence-electron chi connectivity index (χ2n) is 3.85. The molecule has 3 nitrogen and oxygen atoms in total. The molecule has 96 valence electrons. The van der Waals surface area contributed by atoms with Crippen LogP contribution in [-0.2, 0) is 12.5 Å². The van der Waals surface area contributed by atoms with Crippen molar-refractivity contribution < 1.29 is 8.78 Å². The molecule has 0 unspecified atom stereocenters. The first kappa shape index (κ1) is 12.9. The molecule has 0 atom stereocenters. The highest BCUT2D eigenvalue weighted by Crippen LogP contribution is 2.26. The van der Waals surface area contributed by atoms with Crippen LogP contribution in [0.1, 0.15) is 11.3 Å². The zero-order chi connectivity index (χ0) is 13.0. The summed E-state index contributed by atoms with van der Waals surface area (Å²) in [7, 11) is 0. The number of alkyl halides is 2. The van der Waals surface area contributed by atoms with Crippen molar-refractivity contribution in [2.45, 2.75) is 12.5 Å². The number of H-pyrrole nitrogens is 1. The SMILES string of the molecule is O=c1[nH]c(CNCC(F)(F)c2ccccc2)cs1. The molecule has 0 spiro atoms. The van der Waals surface area contributed by atoms with Gasteiger partial charge in [-0.3, -0.25) is 4.79 Å². The van der Waals surface area contributed by atoms with Gasteiger partial charge in [0.2, 0.25) is 0 Å². The third-order valence-corrected chi connectivity index (χ3v) is 3.15. The average molecular weight is 270 g/mol. The van der Waals surface area contributed by atoms with Gasteiger partial charge in [-0.2, -0.15) is 8.78 Å². The van der Waals surface area contributed by atoms with Crippen LogP contribution >= 0.6 is 11.3 Å². The Hall–Kier alpha value is -1.53. The van der Waals surface area contributed by atoms with Crippen LogP contribution in [0.3, 0.4) is 0 Å². The molecule has 18 heavy (non-hydrogen) atoms.